The first kappa shape index (κ1) is 19.1. The average Bonchev–Trinajstić information content (AvgIpc) is 2.74. The summed E-state index contributed by atoms with van der Waals surface area (Å²) in [6.45, 7) is 1.55. The second-order valence-electron chi connectivity index (χ2n) is 7.18. The minimum atomic E-state index is -1.25. The minimum Gasteiger partial charge on any atom is -0.457 e. The van der Waals surface area contributed by atoms with Crippen LogP contribution in [0.3, 0.4) is 0 Å². The fourth-order valence-electron chi connectivity index (χ4n) is 3.43. The topological polar surface area (TPSA) is 85.1 Å². The number of nitrogens with zero attached hydrogens (tertiary/aromatic N) is 2. The summed E-state index contributed by atoms with van der Waals surface area (Å²) in [5.74, 6) is 2.35. The molecule has 4 rings (SSSR count). The Hall–Kier alpha value is -3.19. The Morgan fingerprint density at radius 3 is 2.41 bits per heavy atom. The molecule has 2 heterocycles. The fraction of sp³-hybridized carbons (Fsp3) is 0.273. The Morgan fingerprint density at radius 1 is 1.00 bits per heavy atom. The van der Waals surface area contributed by atoms with Gasteiger partial charge in [-0.25, -0.2) is 14.4 Å². The lowest BCUT2D eigenvalue weighted by molar-refractivity contribution is 0.131. The molecule has 0 unspecified atom stereocenters. The van der Waals surface area contributed by atoms with Crippen molar-refractivity contribution in [3.8, 4) is 22.6 Å². The molecule has 4 N–H and O–H groups in total. The molecule has 3 aromatic rings. The maximum absolute atomic E-state index is 15.0. The third-order valence-electron chi connectivity index (χ3n) is 5.07. The molecule has 0 saturated carbocycles. The van der Waals surface area contributed by atoms with Crippen molar-refractivity contribution in [2.75, 3.05) is 30.7 Å². The van der Waals surface area contributed by atoms with Crippen molar-refractivity contribution in [3.05, 3.63) is 60.9 Å². The number of nitrogens with two attached hydrogens (primary N) is 1. The zero-order valence-corrected chi connectivity index (χ0v) is 16.1. The minimum absolute atomic E-state index is 0.188. The van der Waals surface area contributed by atoms with Gasteiger partial charge in [-0.15, -0.1) is 0 Å². The van der Waals surface area contributed by atoms with E-state index in [1.165, 1.54) is 6.33 Å². The van der Waals surface area contributed by atoms with Crippen LogP contribution in [0.1, 0.15) is 12.8 Å². The summed E-state index contributed by atoms with van der Waals surface area (Å²) in [6.07, 6.45) is 2.34. The quantitative estimate of drug-likeness (QED) is 0.587. The van der Waals surface area contributed by atoms with Crippen LogP contribution in [0.2, 0.25) is 0 Å². The molecule has 29 heavy (non-hydrogen) atoms. The van der Waals surface area contributed by atoms with E-state index in [1.54, 1.807) is 0 Å². The monoisotopic (exact) mass is 393 g/mol. The number of nitrogen functional groups attached to an aromatic ring is 1. The highest BCUT2D eigenvalue weighted by molar-refractivity contribution is 5.83. The molecule has 0 atom stereocenters. The third-order valence-corrected chi connectivity index (χ3v) is 5.07. The largest absolute Gasteiger partial charge is 0.457 e. The lowest BCUT2D eigenvalue weighted by Crippen LogP contribution is -2.43. The van der Waals surface area contributed by atoms with Gasteiger partial charge in [0.2, 0.25) is 0 Å². The molecule has 0 radical (unpaired) electrons. The molecule has 7 heteroatoms. The zero-order chi connectivity index (χ0) is 20.1. The van der Waals surface area contributed by atoms with Crippen LogP contribution in [0, 0.1) is 0 Å². The summed E-state index contributed by atoms with van der Waals surface area (Å²) >= 11 is 0. The second-order valence-corrected chi connectivity index (χ2v) is 7.18. The van der Waals surface area contributed by atoms with Crippen LogP contribution in [-0.2, 0) is 0 Å². The van der Waals surface area contributed by atoms with Gasteiger partial charge in [0, 0.05) is 0 Å². The fourth-order valence-corrected chi connectivity index (χ4v) is 3.43. The number of para-hydroxylation sites is 1. The van der Waals surface area contributed by atoms with Crippen molar-refractivity contribution in [2.45, 2.75) is 18.5 Å². The number of anilines is 2. The first-order chi connectivity index (χ1) is 14.1. The number of aromatic nitrogens is 2. The Bertz CT molecular complexity index is 943. The third kappa shape index (κ3) is 4.63. The number of benzene rings is 2. The lowest BCUT2D eigenvalue weighted by atomic mass is 9.94. The molecule has 1 aliphatic rings. The van der Waals surface area contributed by atoms with Crippen LogP contribution in [-0.4, -0.2) is 35.3 Å². The highest BCUT2D eigenvalue weighted by Crippen LogP contribution is 2.33. The van der Waals surface area contributed by atoms with Gasteiger partial charge >= 0.3 is 0 Å². The van der Waals surface area contributed by atoms with Crippen LogP contribution in [0.5, 0.6) is 11.5 Å². The molecule has 0 aliphatic carbocycles. The molecule has 0 spiro atoms. The summed E-state index contributed by atoms with van der Waals surface area (Å²) in [5.41, 5.74) is 6.38. The molecular weight excluding hydrogens is 369 g/mol. The van der Waals surface area contributed by atoms with Crippen molar-refractivity contribution in [1.82, 2.24) is 15.3 Å². The maximum Gasteiger partial charge on any atom is 0.139 e. The molecule has 150 valence electrons. The molecule has 1 fully saturated rings. The molecule has 0 amide bonds. The van der Waals surface area contributed by atoms with Crippen molar-refractivity contribution in [2.24, 2.45) is 0 Å². The smallest absolute Gasteiger partial charge is 0.139 e. The number of hydrogen-bond donors (Lipinski definition) is 3. The number of hydrogen-bond acceptors (Lipinski definition) is 6. The SMILES string of the molecule is Nc1ncnc(NCC2(F)CCNCC2)c1-c1ccc(Oc2ccccc2)cc1. The number of halogens is 1. The zero-order valence-electron chi connectivity index (χ0n) is 16.1. The van der Waals surface area contributed by atoms with Gasteiger partial charge in [-0.1, -0.05) is 30.3 Å². The van der Waals surface area contributed by atoms with Crippen molar-refractivity contribution < 1.29 is 9.13 Å². The number of ether oxygens (including phenoxy) is 1. The van der Waals surface area contributed by atoms with E-state index in [2.05, 4.69) is 20.6 Å². The van der Waals surface area contributed by atoms with Crippen LogP contribution < -0.4 is 21.1 Å². The van der Waals surface area contributed by atoms with E-state index in [0.717, 1.165) is 11.3 Å². The average molecular weight is 393 g/mol. The van der Waals surface area contributed by atoms with Crippen molar-refractivity contribution in [1.29, 1.82) is 0 Å². The van der Waals surface area contributed by atoms with Crippen molar-refractivity contribution >= 4 is 11.6 Å². The Balaban J connectivity index is 1.53. The Kier molecular flexibility index (Phi) is 5.57. The van der Waals surface area contributed by atoms with Crippen LogP contribution in [0.15, 0.2) is 60.9 Å². The van der Waals surface area contributed by atoms with Crippen LogP contribution in [0.4, 0.5) is 16.0 Å². The highest BCUT2D eigenvalue weighted by Gasteiger charge is 2.31. The maximum atomic E-state index is 15.0. The van der Waals surface area contributed by atoms with E-state index in [9.17, 15) is 4.39 Å². The predicted molar refractivity (Wildman–Crippen MR) is 113 cm³/mol. The summed E-state index contributed by atoms with van der Waals surface area (Å²) in [7, 11) is 0. The molecule has 6 nitrogen and oxygen atoms in total. The number of nitrogens with one attached hydrogen (secondary N) is 2. The van der Waals surface area contributed by atoms with E-state index in [4.69, 9.17) is 10.5 Å². The summed E-state index contributed by atoms with van der Waals surface area (Å²) < 4.78 is 20.8. The normalized spacial score (nSPS) is 15.6. The Labute approximate surface area is 169 Å². The summed E-state index contributed by atoms with van der Waals surface area (Å²) in [5, 5.41) is 6.33. The predicted octanol–water partition coefficient (Wildman–Crippen LogP) is 4.02. The molecule has 1 saturated heterocycles. The number of rotatable bonds is 6. The van der Waals surface area contributed by atoms with Crippen LogP contribution >= 0.6 is 0 Å². The first-order valence-electron chi connectivity index (χ1n) is 9.70. The van der Waals surface area contributed by atoms with Gasteiger partial charge in [0.15, 0.2) is 0 Å². The molecule has 1 aliphatic heterocycles. The van der Waals surface area contributed by atoms with Crippen LogP contribution in [0.25, 0.3) is 11.1 Å². The molecule has 2 aromatic carbocycles. The Morgan fingerprint density at radius 2 is 1.69 bits per heavy atom. The highest BCUT2D eigenvalue weighted by atomic mass is 19.1. The van der Waals surface area contributed by atoms with E-state index >= 15 is 0 Å². The van der Waals surface area contributed by atoms with Gasteiger partial charge in [0.05, 0.1) is 12.1 Å². The standard InChI is InChI=1S/C22H24FN5O/c23-22(10-12-25-13-11-22)14-26-21-19(20(24)27-15-28-21)16-6-8-18(9-7-16)29-17-4-2-1-3-5-17/h1-9,15,25H,10-14H2,(H3,24,26,27,28). The van der Waals surface area contributed by atoms with Gasteiger partial charge in [-0.2, -0.15) is 0 Å². The molecule has 0 bridgehead atoms. The van der Waals surface area contributed by atoms with Gasteiger partial charge in [-0.3, -0.25) is 0 Å². The molecule has 1 aromatic heterocycles. The lowest BCUT2D eigenvalue weighted by Gasteiger charge is -2.30. The second kappa shape index (κ2) is 8.45. The first-order valence-corrected chi connectivity index (χ1v) is 9.70. The summed E-state index contributed by atoms with van der Waals surface area (Å²) in [6, 6.07) is 17.1. The van der Waals surface area contributed by atoms with E-state index in [0.29, 0.717) is 48.9 Å². The van der Waals surface area contributed by atoms with E-state index < -0.39 is 5.67 Å². The number of alkyl halides is 1. The summed E-state index contributed by atoms with van der Waals surface area (Å²) in [4.78, 5) is 8.42. The van der Waals surface area contributed by atoms with Crippen molar-refractivity contribution in [3.63, 3.8) is 0 Å². The molecular formula is C22H24FN5O. The van der Waals surface area contributed by atoms with E-state index in [-0.39, 0.29) is 6.54 Å². The van der Waals surface area contributed by atoms with Gasteiger partial charge in [0.1, 0.15) is 35.1 Å². The van der Waals surface area contributed by atoms with Gasteiger partial charge < -0.3 is 21.1 Å². The van der Waals surface area contributed by atoms with Gasteiger partial charge in [0.25, 0.3) is 0 Å². The van der Waals surface area contributed by atoms with E-state index in [1.807, 2.05) is 54.6 Å². The number of piperidine rings is 1. The van der Waals surface area contributed by atoms with Gasteiger partial charge in [-0.05, 0) is 55.8 Å².